The number of hydrogen-bond acceptors (Lipinski definition) is 3. The van der Waals surface area contributed by atoms with Crippen LogP contribution in [0.1, 0.15) is 46.5 Å². The molecule has 0 aromatic rings. The van der Waals surface area contributed by atoms with Crippen LogP contribution in [-0.4, -0.2) is 57.3 Å². The Morgan fingerprint density at radius 2 is 2.00 bits per heavy atom. The van der Waals surface area contributed by atoms with Gasteiger partial charge in [-0.1, -0.05) is 6.42 Å². The molecule has 0 bridgehead atoms. The Balaban J connectivity index is 2.01. The van der Waals surface area contributed by atoms with Crippen LogP contribution in [0.2, 0.25) is 0 Å². The molecular formula is C15H30N4O2S. The van der Waals surface area contributed by atoms with E-state index < -0.39 is 15.6 Å². The first kappa shape index (κ1) is 17.5. The van der Waals surface area contributed by atoms with Gasteiger partial charge in [-0.3, -0.25) is 4.99 Å². The molecule has 0 unspecified atom stereocenters. The standard InChI is InChI=1S/C15H30N4O2S/c1-5-16-13(17-11-14(2,3)18-22(4,20)21)19-10-9-15(12-19)7-6-8-15/h18H,5-12H2,1-4H3,(H,16,17). The first-order valence-corrected chi connectivity index (χ1v) is 10.1. The fourth-order valence-electron chi connectivity index (χ4n) is 3.43. The molecular weight excluding hydrogens is 300 g/mol. The zero-order valence-electron chi connectivity index (χ0n) is 14.3. The van der Waals surface area contributed by atoms with E-state index in [9.17, 15) is 8.42 Å². The molecule has 1 aliphatic heterocycles. The van der Waals surface area contributed by atoms with E-state index in [0.717, 1.165) is 25.6 Å². The van der Waals surface area contributed by atoms with Crippen LogP contribution < -0.4 is 10.0 Å². The smallest absolute Gasteiger partial charge is 0.209 e. The molecule has 2 fully saturated rings. The predicted molar refractivity (Wildman–Crippen MR) is 90.5 cm³/mol. The van der Waals surface area contributed by atoms with Gasteiger partial charge < -0.3 is 10.2 Å². The molecule has 1 saturated heterocycles. The van der Waals surface area contributed by atoms with E-state index in [-0.39, 0.29) is 0 Å². The predicted octanol–water partition coefficient (Wildman–Crippen LogP) is 1.16. The minimum Gasteiger partial charge on any atom is -0.357 e. The lowest BCUT2D eigenvalue weighted by Crippen LogP contribution is -2.47. The Morgan fingerprint density at radius 3 is 2.45 bits per heavy atom. The number of likely N-dealkylation sites (tertiary alicyclic amines) is 1. The Bertz CT molecular complexity index is 524. The van der Waals surface area contributed by atoms with E-state index in [2.05, 4.69) is 26.9 Å². The number of nitrogens with zero attached hydrogens (tertiary/aromatic N) is 2. The van der Waals surface area contributed by atoms with Crippen LogP contribution in [0.3, 0.4) is 0 Å². The Labute approximate surface area is 134 Å². The van der Waals surface area contributed by atoms with Gasteiger partial charge in [0.15, 0.2) is 5.96 Å². The minimum atomic E-state index is -3.23. The summed E-state index contributed by atoms with van der Waals surface area (Å²) in [5.41, 5.74) is -0.0567. The third kappa shape index (κ3) is 4.59. The highest BCUT2D eigenvalue weighted by molar-refractivity contribution is 7.88. The average molecular weight is 330 g/mol. The summed E-state index contributed by atoms with van der Waals surface area (Å²) in [6, 6.07) is 0. The summed E-state index contributed by atoms with van der Waals surface area (Å²) in [4.78, 5) is 7.01. The van der Waals surface area contributed by atoms with E-state index >= 15 is 0 Å². The molecule has 1 aliphatic carbocycles. The Hall–Kier alpha value is -0.820. The molecule has 1 heterocycles. The molecule has 0 amide bonds. The Kier molecular flexibility index (Phi) is 5.06. The van der Waals surface area contributed by atoms with Crippen molar-refractivity contribution >= 4 is 16.0 Å². The lowest BCUT2D eigenvalue weighted by molar-refractivity contribution is 0.151. The Morgan fingerprint density at radius 1 is 1.32 bits per heavy atom. The van der Waals surface area contributed by atoms with Crippen LogP contribution in [-0.2, 0) is 10.0 Å². The molecule has 7 heteroatoms. The minimum absolute atomic E-state index is 0.423. The van der Waals surface area contributed by atoms with E-state index in [1.54, 1.807) is 0 Å². The maximum Gasteiger partial charge on any atom is 0.209 e. The summed E-state index contributed by atoms with van der Waals surface area (Å²) in [7, 11) is -3.23. The summed E-state index contributed by atoms with van der Waals surface area (Å²) in [6.45, 7) is 9.15. The van der Waals surface area contributed by atoms with Crippen LogP contribution in [0.5, 0.6) is 0 Å². The van der Waals surface area contributed by atoms with Gasteiger partial charge in [0, 0.05) is 25.2 Å². The van der Waals surface area contributed by atoms with Crippen molar-refractivity contribution in [2.45, 2.75) is 52.0 Å². The van der Waals surface area contributed by atoms with E-state index in [1.807, 2.05) is 13.8 Å². The zero-order chi connectivity index (χ0) is 16.4. The van der Waals surface area contributed by atoms with Crippen molar-refractivity contribution in [2.24, 2.45) is 10.4 Å². The summed E-state index contributed by atoms with van der Waals surface area (Å²) >= 11 is 0. The van der Waals surface area contributed by atoms with Crippen molar-refractivity contribution in [1.29, 1.82) is 0 Å². The van der Waals surface area contributed by atoms with Crippen LogP contribution in [0.15, 0.2) is 4.99 Å². The van der Waals surface area contributed by atoms with Gasteiger partial charge >= 0.3 is 0 Å². The summed E-state index contributed by atoms with van der Waals surface area (Å²) in [5, 5.41) is 3.34. The van der Waals surface area contributed by atoms with Crippen LogP contribution in [0.25, 0.3) is 0 Å². The van der Waals surface area contributed by atoms with Gasteiger partial charge in [-0.15, -0.1) is 0 Å². The highest BCUT2D eigenvalue weighted by Crippen LogP contribution is 2.47. The van der Waals surface area contributed by atoms with Crippen LogP contribution in [0.4, 0.5) is 0 Å². The molecule has 0 radical (unpaired) electrons. The largest absolute Gasteiger partial charge is 0.357 e. The number of aliphatic imine (C=N–C) groups is 1. The van der Waals surface area contributed by atoms with Gasteiger partial charge in [0.05, 0.1) is 12.8 Å². The number of guanidine groups is 1. The number of sulfonamides is 1. The maximum atomic E-state index is 11.4. The molecule has 1 saturated carbocycles. The molecule has 2 aliphatic rings. The van der Waals surface area contributed by atoms with Gasteiger partial charge in [-0.25, -0.2) is 13.1 Å². The van der Waals surface area contributed by atoms with E-state index in [1.165, 1.54) is 31.9 Å². The highest BCUT2D eigenvalue weighted by Gasteiger charge is 2.43. The monoisotopic (exact) mass is 330 g/mol. The second-order valence-corrected chi connectivity index (χ2v) is 9.20. The first-order valence-electron chi connectivity index (χ1n) is 8.17. The molecule has 6 nitrogen and oxygen atoms in total. The molecule has 128 valence electrons. The molecule has 2 rings (SSSR count). The lowest BCUT2D eigenvalue weighted by Gasteiger charge is -2.38. The van der Waals surface area contributed by atoms with Crippen molar-refractivity contribution < 1.29 is 8.42 Å². The van der Waals surface area contributed by atoms with Crippen molar-refractivity contribution in [3.63, 3.8) is 0 Å². The number of rotatable bonds is 5. The summed E-state index contributed by atoms with van der Waals surface area (Å²) in [6.07, 6.45) is 6.47. The highest BCUT2D eigenvalue weighted by atomic mass is 32.2. The normalized spacial score (nSPS) is 22.0. The maximum absolute atomic E-state index is 11.4. The fraction of sp³-hybridized carbons (Fsp3) is 0.933. The average Bonchev–Trinajstić information content (AvgIpc) is 2.76. The van der Waals surface area contributed by atoms with Crippen molar-refractivity contribution in [2.75, 3.05) is 32.4 Å². The van der Waals surface area contributed by atoms with Gasteiger partial charge in [0.2, 0.25) is 10.0 Å². The van der Waals surface area contributed by atoms with E-state index in [4.69, 9.17) is 0 Å². The van der Waals surface area contributed by atoms with Crippen molar-refractivity contribution in [3.8, 4) is 0 Å². The molecule has 0 aromatic heterocycles. The molecule has 2 N–H and O–H groups in total. The summed E-state index contributed by atoms with van der Waals surface area (Å²) in [5.74, 6) is 0.912. The van der Waals surface area contributed by atoms with E-state index in [0.29, 0.717) is 12.0 Å². The van der Waals surface area contributed by atoms with Gasteiger partial charge in [0.1, 0.15) is 0 Å². The molecule has 0 aromatic carbocycles. The molecule has 22 heavy (non-hydrogen) atoms. The van der Waals surface area contributed by atoms with Crippen LogP contribution in [0, 0.1) is 5.41 Å². The third-order valence-electron chi connectivity index (χ3n) is 4.57. The van der Waals surface area contributed by atoms with Gasteiger partial charge in [-0.05, 0) is 45.4 Å². The number of hydrogen-bond donors (Lipinski definition) is 2. The van der Waals surface area contributed by atoms with Crippen LogP contribution >= 0.6 is 0 Å². The zero-order valence-corrected chi connectivity index (χ0v) is 15.1. The molecule has 1 spiro atoms. The second kappa shape index (κ2) is 6.35. The van der Waals surface area contributed by atoms with Gasteiger partial charge in [-0.2, -0.15) is 0 Å². The van der Waals surface area contributed by atoms with Crippen molar-refractivity contribution in [3.05, 3.63) is 0 Å². The van der Waals surface area contributed by atoms with Crippen molar-refractivity contribution in [1.82, 2.24) is 14.9 Å². The number of nitrogens with one attached hydrogen (secondary N) is 2. The molecule has 0 atom stereocenters. The fourth-order valence-corrected chi connectivity index (χ4v) is 4.50. The lowest BCUT2D eigenvalue weighted by atomic mass is 9.68. The topological polar surface area (TPSA) is 73.8 Å². The quantitative estimate of drug-likeness (QED) is 0.586. The van der Waals surface area contributed by atoms with Gasteiger partial charge in [0.25, 0.3) is 0 Å². The summed E-state index contributed by atoms with van der Waals surface area (Å²) < 4.78 is 25.5. The first-order chi connectivity index (χ1) is 10.1. The second-order valence-electron chi connectivity index (χ2n) is 7.45. The third-order valence-corrected chi connectivity index (χ3v) is 5.50. The SMILES string of the molecule is CCNC(=NCC(C)(C)NS(C)(=O)=O)N1CCC2(CCC2)C1.